The van der Waals surface area contributed by atoms with Crippen molar-refractivity contribution in [3.8, 4) is 0 Å². The van der Waals surface area contributed by atoms with Crippen molar-refractivity contribution in [1.29, 1.82) is 0 Å². The Morgan fingerprint density at radius 2 is 2.04 bits per heavy atom. The molecule has 0 saturated carbocycles. The Bertz CT molecular complexity index is 548. The zero-order chi connectivity index (χ0) is 16.9. The van der Waals surface area contributed by atoms with Crippen LogP contribution in [-0.2, 0) is 11.3 Å². The van der Waals surface area contributed by atoms with Gasteiger partial charge < -0.3 is 9.84 Å². The Labute approximate surface area is 140 Å². The van der Waals surface area contributed by atoms with Crippen LogP contribution in [0.25, 0.3) is 0 Å². The van der Waals surface area contributed by atoms with Gasteiger partial charge >= 0.3 is 0 Å². The largest absolute Gasteiger partial charge is 0.392 e. The van der Waals surface area contributed by atoms with Crippen molar-refractivity contribution in [3.63, 3.8) is 0 Å². The Morgan fingerprint density at radius 1 is 1.35 bits per heavy atom. The molecule has 2 unspecified atom stereocenters. The van der Waals surface area contributed by atoms with E-state index in [2.05, 4.69) is 52.0 Å². The molecule has 0 aliphatic heterocycles. The summed E-state index contributed by atoms with van der Waals surface area (Å²) >= 11 is 0. The Hall–Kier alpha value is -1.38. The van der Waals surface area contributed by atoms with E-state index in [1.807, 2.05) is 18.2 Å². The molecule has 1 N–H and O–H groups in total. The first-order valence-corrected chi connectivity index (χ1v) is 8.62. The minimum atomic E-state index is 0.0287. The number of hydrogen-bond acceptors (Lipinski definition) is 2. The second kappa shape index (κ2) is 7.94. The van der Waals surface area contributed by atoms with Gasteiger partial charge in [0.15, 0.2) is 0 Å². The van der Waals surface area contributed by atoms with Crippen molar-refractivity contribution < 1.29 is 9.84 Å². The fraction of sp³-hybridized carbons (Fsp3) is 0.524. The summed E-state index contributed by atoms with van der Waals surface area (Å²) in [4.78, 5) is 0. The van der Waals surface area contributed by atoms with Crippen LogP contribution in [0.15, 0.2) is 53.6 Å². The SMILES string of the molecule is CCC(=CC(OCc1ccccc1)C1CC=C(C)C1(C)C)CO. The van der Waals surface area contributed by atoms with Crippen LogP contribution in [0.3, 0.4) is 0 Å². The molecule has 1 aromatic carbocycles. The highest BCUT2D eigenvalue weighted by Crippen LogP contribution is 2.46. The molecule has 1 aliphatic carbocycles. The van der Waals surface area contributed by atoms with E-state index in [9.17, 15) is 5.11 Å². The van der Waals surface area contributed by atoms with Gasteiger partial charge in [0.05, 0.1) is 19.3 Å². The van der Waals surface area contributed by atoms with Crippen LogP contribution >= 0.6 is 0 Å². The standard InChI is InChI=1S/C21H30O2/c1-5-17(14-22)13-20(19-12-11-16(2)21(19,3)4)23-15-18-9-7-6-8-10-18/h6-11,13,19-20,22H,5,12,14-15H2,1-4H3. The van der Waals surface area contributed by atoms with Crippen LogP contribution in [0.5, 0.6) is 0 Å². The number of allylic oxidation sites excluding steroid dienone is 2. The molecule has 126 valence electrons. The zero-order valence-corrected chi connectivity index (χ0v) is 14.9. The lowest BCUT2D eigenvalue weighted by molar-refractivity contribution is 0.00551. The van der Waals surface area contributed by atoms with Gasteiger partial charge in [0.1, 0.15) is 0 Å². The van der Waals surface area contributed by atoms with Gasteiger partial charge in [-0.15, -0.1) is 0 Å². The number of aliphatic hydroxyl groups is 1. The highest BCUT2D eigenvalue weighted by molar-refractivity contribution is 5.22. The van der Waals surface area contributed by atoms with Crippen molar-refractivity contribution in [2.45, 2.75) is 53.2 Å². The van der Waals surface area contributed by atoms with E-state index < -0.39 is 0 Å². The third-order valence-corrected chi connectivity index (χ3v) is 5.36. The van der Waals surface area contributed by atoms with Crippen molar-refractivity contribution in [2.75, 3.05) is 6.61 Å². The quantitative estimate of drug-likeness (QED) is 0.726. The van der Waals surface area contributed by atoms with E-state index >= 15 is 0 Å². The van der Waals surface area contributed by atoms with Crippen molar-refractivity contribution in [2.24, 2.45) is 11.3 Å². The molecule has 23 heavy (non-hydrogen) atoms. The highest BCUT2D eigenvalue weighted by Gasteiger charge is 2.39. The van der Waals surface area contributed by atoms with E-state index in [0.717, 1.165) is 18.4 Å². The summed E-state index contributed by atoms with van der Waals surface area (Å²) in [5.74, 6) is 0.416. The van der Waals surface area contributed by atoms with Gasteiger partial charge in [-0.25, -0.2) is 0 Å². The van der Waals surface area contributed by atoms with Gasteiger partial charge in [-0.05, 0) is 36.3 Å². The normalized spacial score (nSPS) is 22.0. The van der Waals surface area contributed by atoms with E-state index in [1.54, 1.807) is 0 Å². The maximum atomic E-state index is 9.55. The topological polar surface area (TPSA) is 29.5 Å². The second-order valence-electron chi connectivity index (χ2n) is 7.05. The summed E-state index contributed by atoms with van der Waals surface area (Å²) in [6, 6.07) is 10.3. The number of ether oxygens (including phenoxy) is 1. The minimum absolute atomic E-state index is 0.0287. The Kier molecular flexibility index (Phi) is 6.20. The molecule has 0 amide bonds. The summed E-state index contributed by atoms with van der Waals surface area (Å²) in [5, 5.41) is 9.55. The van der Waals surface area contributed by atoms with Gasteiger partial charge in [-0.3, -0.25) is 0 Å². The molecule has 0 bridgehead atoms. The van der Waals surface area contributed by atoms with Gasteiger partial charge in [-0.1, -0.05) is 68.8 Å². The third kappa shape index (κ3) is 4.33. The van der Waals surface area contributed by atoms with Crippen LogP contribution < -0.4 is 0 Å². The van der Waals surface area contributed by atoms with Crippen LogP contribution in [-0.4, -0.2) is 17.8 Å². The maximum Gasteiger partial charge on any atom is 0.0803 e. The van der Waals surface area contributed by atoms with Crippen molar-refractivity contribution in [3.05, 3.63) is 59.2 Å². The fourth-order valence-corrected chi connectivity index (χ4v) is 3.26. The lowest BCUT2D eigenvalue weighted by Gasteiger charge is -2.35. The molecule has 2 heteroatoms. The molecule has 0 aromatic heterocycles. The van der Waals surface area contributed by atoms with Crippen LogP contribution in [0.2, 0.25) is 0 Å². The molecule has 0 saturated heterocycles. The van der Waals surface area contributed by atoms with E-state index in [4.69, 9.17) is 4.74 Å². The van der Waals surface area contributed by atoms with Gasteiger partial charge in [0.25, 0.3) is 0 Å². The molecule has 2 rings (SSSR count). The molecule has 1 aliphatic rings. The second-order valence-corrected chi connectivity index (χ2v) is 7.05. The molecular formula is C21H30O2. The van der Waals surface area contributed by atoms with E-state index in [-0.39, 0.29) is 18.1 Å². The lowest BCUT2D eigenvalue weighted by atomic mass is 9.74. The number of hydrogen-bond donors (Lipinski definition) is 1. The Balaban J connectivity index is 2.17. The van der Waals surface area contributed by atoms with E-state index in [0.29, 0.717) is 12.5 Å². The molecule has 1 aromatic rings. The Morgan fingerprint density at radius 3 is 2.57 bits per heavy atom. The predicted molar refractivity (Wildman–Crippen MR) is 96.1 cm³/mol. The maximum absolute atomic E-state index is 9.55. The molecular weight excluding hydrogens is 284 g/mol. The third-order valence-electron chi connectivity index (χ3n) is 5.36. The first-order chi connectivity index (χ1) is 11.0. The molecule has 2 nitrogen and oxygen atoms in total. The van der Waals surface area contributed by atoms with Crippen molar-refractivity contribution in [1.82, 2.24) is 0 Å². The molecule has 0 heterocycles. The lowest BCUT2D eigenvalue weighted by Crippen LogP contribution is -2.32. The van der Waals surface area contributed by atoms with Crippen LogP contribution in [0.4, 0.5) is 0 Å². The summed E-state index contributed by atoms with van der Waals surface area (Å²) in [7, 11) is 0. The van der Waals surface area contributed by atoms with Gasteiger partial charge in [0.2, 0.25) is 0 Å². The number of aliphatic hydroxyl groups excluding tert-OH is 1. The fourth-order valence-electron chi connectivity index (χ4n) is 3.26. The summed E-state index contributed by atoms with van der Waals surface area (Å²) in [5.41, 5.74) is 3.81. The molecule has 2 atom stereocenters. The first kappa shape index (κ1) is 18.0. The average Bonchev–Trinajstić information content (AvgIpc) is 2.83. The molecule has 0 spiro atoms. The predicted octanol–water partition coefficient (Wildman–Crippen LogP) is 4.89. The zero-order valence-electron chi connectivity index (χ0n) is 14.9. The summed E-state index contributed by atoms with van der Waals surface area (Å²) in [6.45, 7) is 9.61. The number of benzene rings is 1. The molecule has 0 fully saturated rings. The molecule has 0 radical (unpaired) electrons. The van der Waals surface area contributed by atoms with Crippen LogP contribution in [0.1, 0.15) is 46.1 Å². The monoisotopic (exact) mass is 314 g/mol. The smallest absolute Gasteiger partial charge is 0.0803 e. The van der Waals surface area contributed by atoms with Crippen molar-refractivity contribution >= 4 is 0 Å². The minimum Gasteiger partial charge on any atom is -0.392 e. The van der Waals surface area contributed by atoms with Gasteiger partial charge in [0, 0.05) is 5.92 Å². The summed E-state index contributed by atoms with van der Waals surface area (Å²) in [6.07, 6.45) is 6.42. The number of rotatable bonds is 7. The first-order valence-electron chi connectivity index (χ1n) is 8.62. The van der Waals surface area contributed by atoms with E-state index in [1.165, 1.54) is 11.1 Å². The van der Waals surface area contributed by atoms with Gasteiger partial charge in [-0.2, -0.15) is 0 Å². The van der Waals surface area contributed by atoms with Crippen LogP contribution in [0, 0.1) is 11.3 Å². The highest BCUT2D eigenvalue weighted by atomic mass is 16.5. The summed E-state index contributed by atoms with van der Waals surface area (Å²) < 4.78 is 6.31. The average molecular weight is 314 g/mol.